The van der Waals surface area contributed by atoms with Crippen LogP contribution in [0, 0.1) is 11.3 Å². The predicted molar refractivity (Wildman–Crippen MR) is 45.0 cm³/mol. The number of hydrogen-bond donors (Lipinski definition) is 0. The quantitative estimate of drug-likeness (QED) is 0.378. The second-order valence-corrected chi connectivity index (χ2v) is 3.94. The molecule has 0 aromatic carbocycles. The van der Waals surface area contributed by atoms with Gasteiger partial charge in [-0.05, 0) is 6.04 Å². The summed E-state index contributed by atoms with van der Waals surface area (Å²) in [6, 6.07) is 2.90. The zero-order valence-corrected chi connectivity index (χ0v) is 8.44. The summed E-state index contributed by atoms with van der Waals surface area (Å²) in [5.41, 5.74) is -0.355. The number of alkyl halides is 2. The average molecular weight is 198 g/mol. The van der Waals surface area contributed by atoms with Crippen molar-refractivity contribution in [2.24, 2.45) is 0 Å². The van der Waals surface area contributed by atoms with Crippen LogP contribution >= 0.6 is 23.2 Å². The minimum absolute atomic E-state index is 0.321. The van der Waals surface area contributed by atoms with Gasteiger partial charge >= 0.3 is 0 Å². The van der Waals surface area contributed by atoms with E-state index in [9.17, 15) is 0 Å². The highest BCUT2D eigenvalue weighted by Crippen LogP contribution is 2.00. The highest BCUT2D eigenvalue weighted by molar-refractivity contribution is 6.32. The molecule has 0 amide bonds. The lowest BCUT2D eigenvalue weighted by atomic mass is 10.6. The van der Waals surface area contributed by atoms with Gasteiger partial charge in [-0.3, -0.25) is 0 Å². The minimum Gasteiger partial charge on any atom is -0.407 e. The first-order chi connectivity index (χ1) is 4.81. The van der Waals surface area contributed by atoms with Crippen molar-refractivity contribution >= 4 is 33.0 Å². The minimum atomic E-state index is -0.597. The smallest absolute Gasteiger partial charge is 0.164 e. The van der Waals surface area contributed by atoms with E-state index in [1.54, 1.807) is 0 Å². The molecule has 0 aliphatic rings. The number of rotatable bonds is 5. The van der Waals surface area contributed by atoms with E-state index in [0.717, 1.165) is 6.04 Å². The van der Waals surface area contributed by atoms with Crippen LogP contribution in [0.15, 0.2) is 0 Å². The lowest BCUT2D eigenvalue weighted by Gasteiger charge is -2.04. The fraction of sp³-hybridized carbons (Fsp3) is 0.800. The van der Waals surface area contributed by atoms with Gasteiger partial charge in [0.2, 0.25) is 0 Å². The Kier molecular flexibility index (Phi) is 7.54. The van der Waals surface area contributed by atoms with Crippen LogP contribution in [0.5, 0.6) is 0 Å². The Bertz CT molecular complexity index is 117. The van der Waals surface area contributed by atoms with E-state index in [-0.39, 0.29) is 5.56 Å². The molecule has 0 saturated carbocycles. The van der Waals surface area contributed by atoms with Crippen LogP contribution in [0.3, 0.4) is 0 Å². The summed E-state index contributed by atoms with van der Waals surface area (Å²) < 4.78 is 5.11. The van der Waals surface area contributed by atoms with E-state index in [4.69, 9.17) is 32.9 Å². The first-order valence-electron chi connectivity index (χ1n) is 3.00. The SMILES string of the molecule is N#CCC[SiH2]OC(Cl)CCl. The molecule has 2 nitrogen and oxygen atoms in total. The lowest BCUT2D eigenvalue weighted by Crippen LogP contribution is -2.09. The maximum absolute atomic E-state index is 8.15. The van der Waals surface area contributed by atoms with Crippen molar-refractivity contribution in [1.29, 1.82) is 5.26 Å². The zero-order valence-electron chi connectivity index (χ0n) is 5.52. The van der Waals surface area contributed by atoms with Gasteiger partial charge in [-0.15, -0.1) is 11.6 Å². The Balaban J connectivity index is 2.98. The van der Waals surface area contributed by atoms with Gasteiger partial charge < -0.3 is 4.43 Å². The molecule has 0 aliphatic heterocycles. The van der Waals surface area contributed by atoms with Crippen molar-refractivity contribution in [3.63, 3.8) is 0 Å². The van der Waals surface area contributed by atoms with Crippen molar-refractivity contribution in [1.82, 2.24) is 0 Å². The molecule has 0 aliphatic carbocycles. The molecular weight excluding hydrogens is 189 g/mol. The molecule has 0 aromatic heterocycles. The van der Waals surface area contributed by atoms with Gasteiger partial charge in [-0.25, -0.2) is 0 Å². The Labute approximate surface area is 73.0 Å². The maximum Gasteiger partial charge on any atom is 0.164 e. The molecule has 0 aromatic rings. The highest BCUT2D eigenvalue weighted by atomic mass is 35.5. The normalized spacial score (nSPS) is 13.7. The van der Waals surface area contributed by atoms with Crippen molar-refractivity contribution in [2.75, 3.05) is 5.88 Å². The van der Waals surface area contributed by atoms with Crippen molar-refractivity contribution in [2.45, 2.75) is 18.0 Å². The summed E-state index contributed by atoms with van der Waals surface area (Å²) in [5, 5.41) is 8.15. The van der Waals surface area contributed by atoms with Crippen LogP contribution in [-0.4, -0.2) is 21.2 Å². The first kappa shape index (κ1) is 10.2. The molecule has 0 heterocycles. The van der Waals surface area contributed by atoms with Crippen molar-refractivity contribution < 1.29 is 4.43 Å². The Morgan fingerprint density at radius 1 is 1.70 bits per heavy atom. The van der Waals surface area contributed by atoms with Crippen molar-refractivity contribution in [3.05, 3.63) is 0 Å². The van der Waals surface area contributed by atoms with Crippen LogP contribution in [0.1, 0.15) is 6.42 Å². The van der Waals surface area contributed by atoms with Crippen LogP contribution in [-0.2, 0) is 4.43 Å². The van der Waals surface area contributed by atoms with Gasteiger partial charge in [0, 0.05) is 6.42 Å². The summed E-state index contributed by atoms with van der Waals surface area (Å²) in [4.78, 5) is 0. The van der Waals surface area contributed by atoms with Crippen LogP contribution in [0.25, 0.3) is 0 Å². The largest absolute Gasteiger partial charge is 0.407 e. The molecule has 58 valence electrons. The number of halogens is 2. The molecule has 0 N–H and O–H groups in total. The van der Waals surface area contributed by atoms with E-state index in [0.29, 0.717) is 12.3 Å². The second-order valence-electron chi connectivity index (χ2n) is 1.70. The second kappa shape index (κ2) is 7.36. The Morgan fingerprint density at radius 3 is 2.90 bits per heavy atom. The first-order valence-corrected chi connectivity index (χ1v) is 5.54. The molecular formula is C5H9Cl2NOSi. The average Bonchev–Trinajstić information content (AvgIpc) is 1.98. The van der Waals surface area contributed by atoms with E-state index in [2.05, 4.69) is 0 Å². The van der Waals surface area contributed by atoms with Gasteiger partial charge in [0.25, 0.3) is 0 Å². The summed E-state index contributed by atoms with van der Waals surface area (Å²) in [6.45, 7) is 0. The summed E-state index contributed by atoms with van der Waals surface area (Å²) in [7, 11) is -0.597. The van der Waals surface area contributed by atoms with E-state index in [1.807, 2.05) is 6.07 Å². The molecule has 0 radical (unpaired) electrons. The molecule has 0 fully saturated rings. The molecule has 0 rings (SSSR count). The molecule has 0 spiro atoms. The third-order valence-electron chi connectivity index (χ3n) is 0.853. The Morgan fingerprint density at radius 2 is 2.40 bits per heavy atom. The van der Waals surface area contributed by atoms with Gasteiger partial charge in [-0.1, -0.05) is 11.6 Å². The van der Waals surface area contributed by atoms with Crippen LogP contribution in [0.2, 0.25) is 6.04 Å². The highest BCUT2D eigenvalue weighted by Gasteiger charge is 2.00. The molecule has 5 heteroatoms. The predicted octanol–water partition coefficient (Wildman–Crippen LogP) is 1.22. The standard InChI is InChI=1S/C5H9Cl2NOSi/c6-4-5(7)9-10-3-1-2-8/h5H,1,3-4,10H2. The van der Waals surface area contributed by atoms with Gasteiger partial charge in [-0.2, -0.15) is 5.26 Å². The van der Waals surface area contributed by atoms with Gasteiger partial charge in [0.15, 0.2) is 9.76 Å². The summed E-state index contributed by atoms with van der Waals surface area (Å²) in [6.07, 6.45) is 0.568. The van der Waals surface area contributed by atoms with Crippen LogP contribution in [0.4, 0.5) is 0 Å². The molecule has 0 saturated heterocycles. The number of hydrogen-bond acceptors (Lipinski definition) is 2. The summed E-state index contributed by atoms with van der Waals surface area (Å²) >= 11 is 10.9. The van der Waals surface area contributed by atoms with Crippen molar-refractivity contribution in [3.8, 4) is 6.07 Å². The maximum atomic E-state index is 8.15. The molecule has 1 atom stereocenters. The fourth-order valence-corrected chi connectivity index (χ4v) is 1.76. The Hall–Kier alpha value is 0.247. The fourth-order valence-electron chi connectivity index (χ4n) is 0.407. The summed E-state index contributed by atoms with van der Waals surface area (Å²) in [5.74, 6) is 0.321. The van der Waals surface area contributed by atoms with E-state index in [1.165, 1.54) is 0 Å². The van der Waals surface area contributed by atoms with E-state index >= 15 is 0 Å². The van der Waals surface area contributed by atoms with Gasteiger partial charge in [0.1, 0.15) is 5.56 Å². The number of nitrogens with zero attached hydrogens (tertiary/aromatic N) is 1. The molecule has 10 heavy (non-hydrogen) atoms. The van der Waals surface area contributed by atoms with E-state index < -0.39 is 9.76 Å². The zero-order chi connectivity index (χ0) is 7.82. The van der Waals surface area contributed by atoms with Gasteiger partial charge in [0.05, 0.1) is 11.9 Å². The lowest BCUT2D eigenvalue weighted by molar-refractivity contribution is 0.321. The topological polar surface area (TPSA) is 33.0 Å². The number of nitriles is 1. The monoisotopic (exact) mass is 197 g/mol. The molecule has 1 unspecified atom stereocenters. The van der Waals surface area contributed by atoms with Crippen LogP contribution < -0.4 is 0 Å². The molecule has 0 bridgehead atoms. The third kappa shape index (κ3) is 6.37. The third-order valence-corrected chi connectivity index (χ3v) is 3.06.